The Morgan fingerprint density at radius 1 is 1.12 bits per heavy atom. The lowest BCUT2D eigenvalue weighted by Crippen LogP contribution is -2.40. The third-order valence-corrected chi connectivity index (χ3v) is 7.14. The predicted molar refractivity (Wildman–Crippen MR) is 138 cm³/mol. The van der Waals surface area contributed by atoms with Crippen molar-refractivity contribution >= 4 is 22.6 Å². The first-order valence-electron chi connectivity index (χ1n) is 12.6. The number of benzene rings is 2. The number of aromatic nitrogens is 1. The van der Waals surface area contributed by atoms with Gasteiger partial charge in [0.2, 0.25) is 0 Å². The average Bonchev–Trinajstić information content (AvgIpc) is 3.32. The molecular weight excluding hydrogens is 426 g/mol. The number of carboxylic acids is 1. The van der Waals surface area contributed by atoms with Gasteiger partial charge in [0.15, 0.2) is 0 Å². The molecule has 0 radical (unpaired) electrons. The van der Waals surface area contributed by atoms with Gasteiger partial charge in [0.05, 0.1) is 12.7 Å². The molecule has 2 fully saturated rings. The molecule has 1 atom stereocenters. The summed E-state index contributed by atoms with van der Waals surface area (Å²) < 4.78 is 5.80. The van der Waals surface area contributed by atoms with Crippen LogP contribution in [0.2, 0.25) is 0 Å². The van der Waals surface area contributed by atoms with E-state index in [0.717, 1.165) is 50.5 Å². The molecule has 1 unspecified atom stereocenters. The summed E-state index contributed by atoms with van der Waals surface area (Å²) in [7, 11) is 1.75. The van der Waals surface area contributed by atoms with E-state index < -0.39 is 5.97 Å². The molecule has 6 nitrogen and oxygen atoms in total. The fourth-order valence-electron chi connectivity index (χ4n) is 5.31. The lowest BCUT2D eigenvalue weighted by molar-refractivity contribution is 0.0696. The van der Waals surface area contributed by atoms with E-state index in [2.05, 4.69) is 39.9 Å². The van der Waals surface area contributed by atoms with Crippen molar-refractivity contribution in [3.05, 3.63) is 58.8 Å². The highest BCUT2D eigenvalue weighted by Crippen LogP contribution is 2.41. The average molecular weight is 464 g/mol. The fraction of sp³-hybridized carbons (Fsp3) is 0.464. The molecule has 5 rings (SSSR count). The quantitative estimate of drug-likeness (QED) is 0.459. The highest BCUT2D eigenvalue weighted by atomic mass is 16.5. The zero-order valence-corrected chi connectivity index (χ0v) is 20.9. The first kappa shape index (κ1) is 24.1. The van der Waals surface area contributed by atoms with Gasteiger partial charge in [0.25, 0.3) is 0 Å². The van der Waals surface area contributed by atoms with Gasteiger partial charge in [0.1, 0.15) is 5.75 Å². The number of anilines is 1. The van der Waals surface area contributed by atoms with Crippen LogP contribution in [0.5, 0.6) is 5.75 Å². The van der Waals surface area contributed by atoms with Crippen molar-refractivity contribution in [1.29, 1.82) is 0 Å². The van der Waals surface area contributed by atoms with Gasteiger partial charge in [-0.15, -0.1) is 0 Å². The molecule has 2 aliphatic rings. The standard InChI is InChI=1S/C26H31N3O3.C2H6/c1-17-14-24(32-2)21(19-9-10-27-25(17)19)16-29-11-4-3-6-22(29)20-8-7-18(26(30)31)15-23(20)28-12-5-13-28;1-2/h7-10,14-15,22,27H,3-6,11-13,16H2,1-2H3,(H,30,31);1-2H3. The molecule has 0 aliphatic carbocycles. The number of aryl methyl sites for hydroxylation is 1. The zero-order valence-electron chi connectivity index (χ0n) is 20.9. The third kappa shape index (κ3) is 4.51. The number of nitrogens with zero attached hydrogens (tertiary/aromatic N) is 2. The minimum absolute atomic E-state index is 0.266. The Bertz CT molecular complexity index is 1150. The Morgan fingerprint density at radius 2 is 1.91 bits per heavy atom. The Morgan fingerprint density at radius 3 is 2.59 bits per heavy atom. The summed E-state index contributed by atoms with van der Waals surface area (Å²) in [6.45, 7) is 9.94. The van der Waals surface area contributed by atoms with Crippen LogP contribution in [0.25, 0.3) is 10.9 Å². The van der Waals surface area contributed by atoms with Crippen molar-refractivity contribution in [2.24, 2.45) is 0 Å². The topological polar surface area (TPSA) is 68.8 Å². The summed E-state index contributed by atoms with van der Waals surface area (Å²) in [5, 5.41) is 10.8. The molecule has 0 amide bonds. The minimum atomic E-state index is -0.863. The molecule has 0 bridgehead atoms. The van der Waals surface area contributed by atoms with Gasteiger partial charge in [-0.05, 0) is 68.1 Å². The molecule has 6 heteroatoms. The van der Waals surface area contributed by atoms with E-state index in [0.29, 0.717) is 5.56 Å². The smallest absolute Gasteiger partial charge is 0.335 e. The zero-order chi connectivity index (χ0) is 24.2. The maximum absolute atomic E-state index is 11.6. The molecule has 2 aliphatic heterocycles. The summed E-state index contributed by atoms with van der Waals surface area (Å²) in [6.07, 6.45) is 6.61. The number of carboxylic acid groups (broad SMARTS) is 1. The van der Waals surface area contributed by atoms with Crippen LogP contribution in [0, 0.1) is 6.92 Å². The maximum Gasteiger partial charge on any atom is 0.335 e. The van der Waals surface area contributed by atoms with Crippen LogP contribution in [0.3, 0.4) is 0 Å². The Labute approximate surface area is 202 Å². The summed E-state index contributed by atoms with van der Waals surface area (Å²) >= 11 is 0. The molecular formula is C28H37N3O3. The molecule has 0 spiro atoms. The Kier molecular flexibility index (Phi) is 7.47. The lowest BCUT2D eigenvalue weighted by atomic mass is 9.91. The number of ether oxygens (including phenoxy) is 1. The molecule has 1 aromatic heterocycles. The van der Waals surface area contributed by atoms with Crippen molar-refractivity contribution < 1.29 is 14.6 Å². The van der Waals surface area contributed by atoms with E-state index in [9.17, 15) is 9.90 Å². The van der Waals surface area contributed by atoms with Gasteiger partial charge in [-0.25, -0.2) is 4.79 Å². The van der Waals surface area contributed by atoms with Gasteiger partial charge >= 0.3 is 5.97 Å². The van der Waals surface area contributed by atoms with E-state index in [4.69, 9.17) is 4.74 Å². The molecule has 2 saturated heterocycles. The number of nitrogens with one attached hydrogen (secondary N) is 1. The highest BCUT2D eigenvalue weighted by Gasteiger charge is 2.30. The number of hydrogen-bond acceptors (Lipinski definition) is 4. The number of piperidine rings is 1. The van der Waals surface area contributed by atoms with Crippen molar-refractivity contribution in [3.8, 4) is 5.75 Å². The number of H-pyrrole nitrogens is 1. The van der Waals surface area contributed by atoms with E-state index >= 15 is 0 Å². The van der Waals surface area contributed by atoms with Crippen molar-refractivity contribution in [1.82, 2.24) is 9.88 Å². The second-order valence-electron chi connectivity index (χ2n) is 9.04. The van der Waals surface area contributed by atoms with Crippen LogP contribution >= 0.6 is 0 Å². The third-order valence-electron chi connectivity index (χ3n) is 7.14. The SMILES string of the molecule is CC.COc1cc(C)c2[nH]ccc2c1CN1CCCCC1c1ccc(C(=O)O)cc1N1CCC1. The molecule has 3 heterocycles. The van der Waals surface area contributed by atoms with Gasteiger partial charge in [-0.1, -0.05) is 26.3 Å². The Balaban J connectivity index is 0.00000133. The molecule has 2 aromatic carbocycles. The minimum Gasteiger partial charge on any atom is -0.496 e. The largest absolute Gasteiger partial charge is 0.496 e. The van der Waals surface area contributed by atoms with Crippen molar-refractivity contribution in [2.45, 2.75) is 59.0 Å². The summed E-state index contributed by atoms with van der Waals surface area (Å²) in [5.41, 5.74) is 6.29. The monoisotopic (exact) mass is 463 g/mol. The van der Waals surface area contributed by atoms with Crippen LogP contribution in [0.15, 0.2) is 36.5 Å². The van der Waals surface area contributed by atoms with Crippen molar-refractivity contribution in [2.75, 3.05) is 31.6 Å². The van der Waals surface area contributed by atoms with E-state index in [1.807, 2.05) is 26.1 Å². The first-order chi connectivity index (χ1) is 16.6. The fourth-order valence-corrected chi connectivity index (χ4v) is 5.31. The molecule has 0 saturated carbocycles. The predicted octanol–water partition coefficient (Wildman–Crippen LogP) is 6.15. The number of fused-ring (bicyclic) bond motifs is 1. The van der Waals surface area contributed by atoms with E-state index in [1.54, 1.807) is 13.2 Å². The van der Waals surface area contributed by atoms with Crippen LogP contribution in [0.1, 0.15) is 72.6 Å². The number of aromatic amines is 1. The molecule has 34 heavy (non-hydrogen) atoms. The van der Waals surface area contributed by atoms with Gasteiger partial charge in [-0.2, -0.15) is 0 Å². The van der Waals surface area contributed by atoms with Gasteiger partial charge in [0, 0.05) is 54.0 Å². The van der Waals surface area contributed by atoms with Gasteiger partial charge in [-0.3, -0.25) is 4.90 Å². The number of rotatable bonds is 6. The second kappa shape index (κ2) is 10.5. The van der Waals surface area contributed by atoms with Gasteiger partial charge < -0.3 is 19.7 Å². The number of methoxy groups -OCH3 is 1. The summed E-state index contributed by atoms with van der Waals surface area (Å²) in [6, 6.07) is 10.2. The summed E-state index contributed by atoms with van der Waals surface area (Å²) in [4.78, 5) is 19.9. The second-order valence-corrected chi connectivity index (χ2v) is 9.04. The summed E-state index contributed by atoms with van der Waals surface area (Å²) in [5.74, 6) is 0.0705. The maximum atomic E-state index is 11.6. The van der Waals surface area contributed by atoms with Crippen LogP contribution in [-0.2, 0) is 6.54 Å². The number of carbonyl (C=O) groups is 1. The van der Waals surface area contributed by atoms with Crippen LogP contribution in [-0.4, -0.2) is 47.7 Å². The Hall–Kier alpha value is -2.99. The van der Waals surface area contributed by atoms with Crippen LogP contribution in [0.4, 0.5) is 5.69 Å². The highest BCUT2D eigenvalue weighted by molar-refractivity contribution is 5.89. The van der Waals surface area contributed by atoms with Crippen LogP contribution < -0.4 is 9.64 Å². The first-order valence-corrected chi connectivity index (χ1v) is 12.6. The van der Waals surface area contributed by atoms with Crippen molar-refractivity contribution in [3.63, 3.8) is 0 Å². The van der Waals surface area contributed by atoms with E-state index in [1.165, 1.54) is 40.4 Å². The normalized spacial score (nSPS) is 18.2. The molecule has 3 aromatic rings. The number of aromatic carboxylic acids is 1. The van der Waals surface area contributed by atoms with E-state index in [-0.39, 0.29) is 6.04 Å². The molecule has 2 N–H and O–H groups in total. The number of hydrogen-bond donors (Lipinski definition) is 2. The number of likely N-dealkylation sites (tertiary alicyclic amines) is 1. The lowest BCUT2D eigenvalue weighted by Gasteiger charge is -2.41. The molecule has 182 valence electrons.